The number of anilines is 1. The standard InChI is InChI=1S/C36H31N3O5/c1-24-11-15-26(16-12-24)30-7-3-4-8-31(30)35(41)38-21-25-13-17-27(18-14-25)34(40)39-32-9-5-6-10-33(32)44-23-29-20-19-28(22-37-29)36(42)43-2/h3-20,22H,21,23H2,1-2H3,(H,38,41)(H,39,40). The van der Waals surface area contributed by atoms with Crippen molar-refractivity contribution in [2.45, 2.75) is 20.1 Å². The second-order valence-electron chi connectivity index (χ2n) is 10.1. The van der Waals surface area contributed by atoms with Crippen molar-refractivity contribution in [2.24, 2.45) is 0 Å². The second-order valence-corrected chi connectivity index (χ2v) is 10.1. The molecule has 0 saturated heterocycles. The van der Waals surface area contributed by atoms with Gasteiger partial charge in [0.15, 0.2) is 0 Å². The summed E-state index contributed by atoms with van der Waals surface area (Å²) in [7, 11) is 1.31. The van der Waals surface area contributed by atoms with E-state index in [2.05, 4.69) is 15.6 Å². The van der Waals surface area contributed by atoms with Crippen LogP contribution in [0.2, 0.25) is 0 Å². The fraction of sp³-hybridized carbons (Fsp3) is 0.111. The fourth-order valence-corrected chi connectivity index (χ4v) is 4.51. The number of hydrogen-bond donors (Lipinski definition) is 2. The van der Waals surface area contributed by atoms with Gasteiger partial charge >= 0.3 is 5.97 Å². The normalized spacial score (nSPS) is 10.5. The molecule has 8 heteroatoms. The van der Waals surface area contributed by atoms with E-state index in [0.29, 0.717) is 40.4 Å². The van der Waals surface area contributed by atoms with Gasteiger partial charge in [-0.05, 0) is 66.1 Å². The lowest BCUT2D eigenvalue weighted by Crippen LogP contribution is -2.23. The first-order valence-electron chi connectivity index (χ1n) is 14.0. The maximum absolute atomic E-state index is 13.1. The summed E-state index contributed by atoms with van der Waals surface area (Å²) in [5.74, 6) is -0.459. The molecule has 1 heterocycles. The van der Waals surface area contributed by atoms with E-state index in [1.807, 2.05) is 67.6 Å². The smallest absolute Gasteiger partial charge is 0.339 e. The Morgan fingerprint density at radius 2 is 1.45 bits per heavy atom. The molecular weight excluding hydrogens is 554 g/mol. The van der Waals surface area contributed by atoms with E-state index in [0.717, 1.165) is 22.3 Å². The van der Waals surface area contributed by atoms with E-state index < -0.39 is 5.97 Å². The number of pyridine rings is 1. The van der Waals surface area contributed by atoms with Gasteiger partial charge in [0.05, 0.1) is 24.1 Å². The maximum Gasteiger partial charge on any atom is 0.339 e. The molecule has 5 rings (SSSR count). The Hall–Kier alpha value is -5.76. The van der Waals surface area contributed by atoms with Crippen molar-refractivity contribution in [2.75, 3.05) is 12.4 Å². The number of nitrogens with one attached hydrogen (secondary N) is 2. The van der Waals surface area contributed by atoms with E-state index >= 15 is 0 Å². The Kier molecular flexibility index (Phi) is 9.41. The van der Waals surface area contributed by atoms with E-state index in [1.165, 1.54) is 13.3 Å². The van der Waals surface area contributed by atoms with Crippen LogP contribution in [0.25, 0.3) is 11.1 Å². The Morgan fingerprint density at radius 1 is 0.750 bits per heavy atom. The maximum atomic E-state index is 13.1. The largest absolute Gasteiger partial charge is 0.485 e. The molecule has 2 N–H and O–H groups in total. The van der Waals surface area contributed by atoms with Gasteiger partial charge in [-0.15, -0.1) is 0 Å². The Labute approximate surface area is 255 Å². The fourth-order valence-electron chi connectivity index (χ4n) is 4.51. The monoisotopic (exact) mass is 585 g/mol. The van der Waals surface area contributed by atoms with Crippen molar-refractivity contribution in [3.05, 3.63) is 149 Å². The first kappa shape index (κ1) is 29.7. The van der Waals surface area contributed by atoms with Crippen molar-refractivity contribution in [3.8, 4) is 16.9 Å². The van der Waals surface area contributed by atoms with Gasteiger partial charge in [-0.25, -0.2) is 4.79 Å². The van der Waals surface area contributed by atoms with Crippen LogP contribution in [0.15, 0.2) is 115 Å². The van der Waals surface area contributed by atoms with Crippen molar-refractivity contribution in [3.63, 3.8) is 0 Å². The molecule has 0 unspecified atom stereocenters. The van der Waals surface area contributed by atoms with Crippen LogP contribution in [0, 0.1) is 6.92 Å². The Morgan fingerprint density at radius 3 is 2.18 bits per heavy atom. The van der Waals surface area contributed by atoms with Gasteiger partial charge in [0, 0.05) is 23.9 Å². The van der Waals surface area contributed by atoms with Crippen LogP contribution in [0.5, 0.6) is 5.75 Å². The number of methoxy groups -OCH3 is 1. The second kappa shape index (κ2) is 13.9. The zero-order valence-electron chi connectivity index (χ0n) is 24.4. The van der Waals surface area contributed by atoms with Gasteiger partial charge in [-0.1, -0.05) is 72.3 Å². The topological polar surface area (TPSA) is 107 Å². The number of aryl methyl sites for hydroxylation is 1. The molecule has 0 saturated carbocycles. The van der Waals surface area contributed by atoms with Gasteiger partial charge in [-0.3, -0.25) is 14.6 Å². The van der Waals surface area contributed by atoms with Crippen LogP contribution in [0.3, 0.4) is 0 Å². The van der Waals surface area contributed by atoms with Crippen LogP contribution >= 0.6 is 0 Å². The SMILES string of the molecule is COC(=O)c1ccc(COc2ccccc2NC(=O)c2ccc(CNC(=O)c3ccccc3-c3ccc(C)cc3)cc2)nc1. The molecule has 0 radical (unpaired) electrons. The van der Waals surface area contributed by atoms with Crippen molar-refractivity contribution < 1.29 is 23.9 Å². The van der Waals surface area contributed by atoms with Gasteiger partial charge in [0.2, 0.25) is 0 Å². The molecule has 0 bridgehead atoms. The summed E-state index contributed by atoms with van der Waals surface area (Å²) in [6.45, 7) is 2.49. The van der Waals surface area contributed by atoms with Crippen molar-refractivity contribution >= 4 is 23.5 Å². The molecule has 0 atom stereocenters. The third kappa shape index (κ3) is 7.35. The highest BCUT2D eigenvalue weighted by Gasteiger charge is 2.14. The first-order chi connectivity index (χ1) is 21.4. The van der Waals surface area contributed by atoms with Crippen LogP contribution in [0.4, 0.5) is 5.69 Å². The lowest BCUT2D eigenvalue weighted by molar-refractivity contribution is 0.0599. The number of aromatic nitrogens is 1. The summed E-state index contributed by atoms with van der Waals surface area (Å²) in [5, 5.41) is 5.88. The van der Waals surface area contributed by atoms with Gasteiger partial charge in [0.25, 0.3) is 11.8 Å². The minimum Gasteiger partial charge on any atom is -0.485 e. The van der Waals surface area contributed by atoms with E-state index in [4.69, 9.17) is 9.47 Å². The number of amides is 2. The number of ether oxygens (including phenoxy) is 2. The molecule has 2 amide bonds. The quantitative estimate of drug-likeness (QED) is 0.179. The molecule has 0 aliphatic heterocycles. The molecule has 44 heavy (non-hydrogen) atoms. The predicted octanol–water partition coefficient (Wildman–Crippen LogP) is 6.60. The van der Waals surface area contributed by atoms with Crippen LogP contribution < -0.4 is 15.4 Å². The third-order valence-electron chi connectivity index (χ3n) is 6.96. The highest BCUT2D eigenvalue weighted by Crippen LogP contribution is 2.26. The van der Waals surface area contributed by atoms with Crippen molar-refractivity contribution in [1.82, 2.24) is 10.3 Å². The summed E-state index contributed by atoms with van der Waals surface area (Å²) < 4.78 is 10.6. The molecule has 220 valence electrons. The molecule has 0 fully saturated rings. The predicted molar refractivity (Wildman–Crippen MR) is 169 cm³/mol. The number of carbonyl (C=O) groups is 3. The Balaban J connectivity index is 1.18. The van der Waals surface area contributed by atoms with Gasteiger partial charge in [0.1, 0.15) is 12.4 Å². The van der Waals surface area contributed by atoms with Gasteiger partial charge < -0.3 is 20.1 Å². The minimum absolute atomic E-state index is 0.143. The highest BCUT2D eigenvalue weighted by molar-refractivity contribution is 6.05. The van der Waals surface area contributed by atoms with Crippen LogP contribution in [-0.2, 0) is 17.9 Å². The highest BCUT2D eigenvalue weighted by atomic mass is 16.5. The molecule has 5 aromatic rings. The Bertz CT molecular complexity index is 1770. The first-order valence-corrected chi connectivity index (χ1v) is 14.0. The van der Waals surface area contributed by atoms with Crippen LogP contribution in [0.1, 0.15) is 47.9 Å². The molecule has 0 spiro atoms. The molecule has 0 aliphatic rings. The summed E-state index contributed by atoms with van der Waals surface area (Å²) in [6.07, 6.45) is 1.43. The van der Waals surface area contributed by atoms with E-state index in [-0.39, 0.29) is 18.4 Å². The zero-order chi connectivity index (χ0) is 30.9. The summed E-state index contributed by atoms with van der Waals surface area (Å²) in [5.41, 5.74) is 6.39. The number of esters is 1. The third-order valence-corrected chi connectivity index (χ3v) is 6.96. The lowest BCUT2D eigenvalue weighted by Gasteiger charge is -2.13. The molecular formula is C36H31N3O5. The number of benzene rings is 4. The minimum atomic E-state index is -0.463. The number of rotatable bonds is 10. The molecule has 1 aromatic heterocycles. The number of para-hydroxylation sites is 2. The zero-order valence-corrected chi connectivity index (χ0v) is 24.4. The van der Waals surface area contributed by atoms with Crippen molar-refractivity contribution in [1.29, 1.82) is 0 Å². The molecule has 8 nitrogen and oxygen atoms in total. The summed E-state index contributed by atoms with van der Waals surface area (Å²) in [4.78, 5) is 42.0. The lowest BCUT2D eigenvalue weighted by atomic mass is 9.98. The molecule has 0 aliphatic carbocycles. The summed E-state index contributed by atoms with van der Waals surface area (Å²) in [6, 6.07) is 33.1. The number of carbonyl (C=O) groups excluding carboxylic acids is 3. The summed E-state index contributed by atoms with van der Waals surface area (Å²) >= 11 is 0. The molecule has 4 aromatic carbocycles. The van der Waals surface area contributed by atoms with Gasteiger partial charge in [-0.2, -0.15) is 0 Å². The number of nitrogens with zero attached hydrogens (tertiary/aromatic N) is 1. The van der Waals surface area contributed by atoms with E-state index in [1.54, 1.807) is 48.5 Å². The average molecular weight is 586 g/mol. The number of hydrogen-bond acceptors (Lipinski definition) is 6. The average Bonchev–Trinajstić information content (AvgIpc) is 3.07. The van der Waals surface area contributed by atoms with Crippen LogP contribution in [-0.4, -0.2) is 29.9 Å². The van der Waals surface area contributed by atoms with E-state index in [9.17, 15) is 14.4 Å².